The molecule has 3 aromatic rings. The highest BCUT2D eigenvalue weighted by Gasteiger charge is 2.16. The van der Waals surface area contributed by atoms with Crippen LogP contribution in [-0.2, 0) is 11.4 Å². The zero-order chi connectivity index (χ0) is 19.2. The summed E-state index contributed by atoms with van der Waals surface area (Å²) >= 11 is 1.61. The van der Waals surface area contributed by atoms with Gasteiger partial charge in [0.1, 0.15) is 18.1 Å². The Labute approximate surface area is 160 Å². The van der Waals surface area contributed by atoms with Crippen LogP contribution >= 0.6 is 11.3 Å². The topological polar surface area (TPSA) is 84.7 Å². The Morgan fingerprint density at radius 3 is 2.81 bits per heavy atom. The second-order valence-electron chi connectivity index (χ2n) is 5.93. The van der Waals surface area contributed by atoms with E-state index in [4.69, 9.17) is 9.26 Å². The van der Waals surface area contributed by atoms with E-state index in [-0.39, 0.29) is 18.4 Å². The summed E-state index contributed by atoms with van der Waals surface area (Å²) in [7, 11) is 1.56. The van der Waals surface area contributed by atoms with Crippen LogP contribution in [0, 0.1) is 6.92 Å². The van der Waals surface area contributed by atoms with Gasteiger partial charge in [-0.25, -0.2) is 0 Å². The molecule has 0 aliphatic rings. The molecule has 7 nitrogen and oxygen atoms in total. The van der Waals surface area contributed by atoms with Crippen molar-refractivity contribution in [2.24, 2.45) is 0 Å². The van der Waals surface area contributed by atoms with Gasteiger partial charge in [0.2, 0.25) is 5.91 Å². The minimum absolute atomic E-state index is 0.106. The van der Waals surface area contributed by atoms with Crippen molar-refractivity contribution in [2.75, 3.05) is 18.9 Å². The van der Waals surface area contributed by atoms with Crippen molar-refractivity contribution in [1.29, 1.82) is 0 Å². The van der Waals surface area contributed by atoms with E-state index in [0.717, 1.165) is 4.88 Å². The highest BCUT2D eigenvalue weighted by atomic mass is 32.1. The lowest BCUT2D eigenvalue weighted by Crippen LogP contribution is -2.35. The number of nitrogens with one attached hydrogen (secondary N) is 1. The van der Waals surface area contributed by atoms with E-state index in [2.05, 4.69) is 10.5 Å². The zero-order valence-corrected chi connectivity index (χ0v) is 15.8. The normalized spacial score (nSPS) is 10.4. The molecule has 0 saturated heterocycles. The van der Waals surface area contributed by atoms with E-state index in [0.29, 0.717) is 29.5 Å². The van der Waals surface area contributed by atoms with E-state index in [9.17, 15) is 9.59 Å². The molecule has 0 unspecified atom stereocenters. The lowest BCUT2D eigenvalue weighted by Gasteiger charge is -2.17. The van der Waals surface area contributed by atoms with Crippen LogP contribution in [-0.4, -0.2) is 35.5 Å². The molecule has 2 aromatic heterocycles. The smallest absolute Gasteiger partial charge is 0.254 e. The lowest BCUT2D eigenvalue weighted by atomic mass is 10.2. The summed E-state index contributed by atoms with van der Waals surface area (Å²) < 4.78 is 10.6. The molecule has 0 spiro atoms. The summed E-state index contributed by atoms with van der Waals surface area (Å²) in [5.74, 6) is 0.883. The molecule has 0 aliphatic carbocycles. The summed E-state index contributed by atoms with van der Waals surface area (Å²) in [5, 5.41) is 8.26. The van der Waals surface area contributed by atoms with Gasteiger partial charge >= 0.3 is 0 Å². The maximum absolute atomic E-state index is 12.6. The van der Waals surface area contributed by atoms with Gasteiger partial charge in [-0.05, 0) is 36.6 Å². The molecule has 27 heavy (non-hydrogen) atoms. The lowest BCUT2D eigenvalue weighted by molar-refractivity contribution is -0.116. The van der Waals surface area contributed by atoms with Crippen LogP contribution in [0.2, 0.25) is 0 Å². The Morgan fingerprint density at radius 2 is 2.11 bits per heavy atom. The van der Waals surface area contributed by atoms with Gasteiger partial charge in [-0.3, -0.25) is 9.59 Å². The zero-order valence-electron chi connectivity index (χ0n) is 15.0. The molecule has 2 amide bonds. The first-order chi connectivity index (χ1) is 13.0. The summed E-state index contributed by atoms with van der Waals surface area (Å²) in [6.07, 6.45) is 0. The SMILES string of the molecule is Cc1cc(NC(=O)CN(C)C(=O)c2cccc(OCc3cccs3)c2)no1. The van der Waals surface area contributed by atoms with E-state index < -0.39 is 0 Å². The third kappa shape index (κ3) is 5.18. The number of anilines is 1. The van der Waals surface area contributed by atoms with Gasteiger partial charge in [0, 0.05) is 23.6 Å². The van der Waals surface area contributed by atoms with Crippen molar-refractivity contribution < 1.29 is 18.8 Å². The number of hydrogen-bond acceptors (Lipinski definition) is 6. The number of rotatable bonds is 7. The Bertz CT molecular complexity index is 921. The summed E-state index contributed by atoms with van der Waals surface area (Å²) in [4.78, 5) is 27.1. The van der Waals surface area contributed by atoms with Gasteiger partial charge in [0.15, 0.2) is 5.82 Å². The van der Waals surface area contributed by atoms with Crippen molar-refractivity contribution in [3.8, 4) is 5.75 Å². The van der Waals surface area contributed by atoms with Gasteiger partial charge in [-0.1, -0.05) is 17.3 Å². The molecule has 0 aliphatic heterocycles. The number of hydrogen-bond donors (Lipinski definition) is 1. The minimum Gasteiger partial charge on any atom is -0.488 e. The fraction of sp³-hybridized carbons (Fsp3) is 0.211. The molecule has 0 fully saturated rings. The average molecular weight is 385 g/mol. The van der Waals surface area contributed by atoms with Gasteiger partial charge in [0.25, 0.3) is 5.91 Å². The number of benzene rings is 1. The van der Waals surface area contributed by atoms with E-state index in [1.54, 1.807) is 55.6 Å². The maximum atomic E-state index is 12.6. The van der Waals surface area contributed by atoms with Crippen LogP contribution in [0.5, 0.6) is 5.75 Å². The summed E-state index contributed by atoms with van der Waals surface area (Å²) in [5.41, 5.74) is 0.450. The van der Waals surface area contributed by atoms with Gasteiger partial charge in [-0.2, -0.15) is 0 Å². The predicted octanol–water partition coefficient (Wildman–Crippen LogP) is 3.33. The van der Waals surface area contributed by atoms with Crippen molar-refractivity contribution in [1.82, 2.24) is 10.1 Å². The molecule has 2 heterocycles. The largest absolute Gasteiger partial charge is 0.488 e. The summed E-state index contributed by atoms with van der Waals surface area (Å²) in [6.45, 7) is 2.07. The first-order valence-corrected chi connectivity index (χ1v) is 9.13. The van der Waals surface area contributed by atoms with Gasteiger partial charge < -0.3 is 19.5 Å². The standard InChI is InChI=1S/C19H19N3O4S/c1-13-9-17(21-26-13)20-18(23)11-22(2)19(24)14-5-3-6-15(10-14)25-12-16-7-4-8-27-16/h3-10H,11-12H2,1-2H3,(H,20,21,23). The number of thiophene rings is 1. The minimum atomic E-state index is -0.357. The number of carbonyl (C=O) groups is 2. The molecule has 0 saturated carbocycles. The summed E-state index contributed by atoms with van der Waals surface area (Å²) in [6, 6.07) is 12.5. The molecule has 3 rings (SSSR count). The molecule has 8 heteroatoms. The van der Waals surface area contributed by atoms with Crippen LogP contribution < -0.4 is 10.1 Å². The number of likely N-dealkylation sites (N-methyl/N-ethyl adjacent to an activating group) is 1. The first-order valence-electron chi connectivity index (χ1n) is 8.25. The first kappa shape index (κ1) is 18.7. The Hall–Kier alpha value is -3.13. The monoisotopic (exact) mass is 385 g/mol. The van der Waals surface area contributed by atoms with Gasteiger partial charge in [-0.15, -0.1) is 11.3 Å². The van der Waals surface area contributed by atoms with Crippen LogP contribution in [0.3, 0.4) is 0 Å². The number of nitrogens with zero attached hydrogens (tertiary/aromatic N) is 2. The number of aryl methyl sites for hydroxylation is 1. The third-order valence-corrected chi connectivity index (χ3v) is 4.52. The molecular formula is C19H19N3O4S. The molecule has 0 bridgehead atoms. The second kappa shape index (κ2) is 8.50. The average Bonchev–Trinajstić information content (AvgIpc) is 3.31. The molecule has 140 valence electrons. The number of aromatic nitrogens is 1. The third-order valence-electron chi connectivity index (χ3n) is 3.67. The van der Waals surface area contributed by atoms with E-state index >= 15 is 0 Å². The van der Waals surface area contributed by atoms with E-state index in [1.807, 2.05) is 17.5 Å². The van der Waals surface area contributed by atoms with Crippen molar-refractivity contribution >= 4 is 29.0 Å². The fourth-order valence-electron chi connectivity index (χ4n) is 2.38. The molecule has 0 atom stereocenters. The Morgan fingerprint density at radius 1 is 1.26 bits per heavy atom. The predicted molar refractivity (Wildman–Crippen MR) is 102 cm³/mol. The highest BCUT2D eigenvalue weighted by molar-refractivity contribution is 7.09. The molecular weight excluding hydrogens is 366 g/mol. The maximum Gasteiger partial charge on any atom is 0.254 e. The van der Waals surface area contributed by atoms with Crippen LogP contribution in [0.25, 0.3) is 0 Å². The number of amides is 2. The quantitative estimate of drug-likeness (QED) is 0.674. The number of ether oxygens (including phenoxy) is 1. The fourth-order valence-corrected chi connectivity index (χ4v) is 3.00. The van der Waals surface area contributed by atoms with Crippen LogP contribution in [0.4, 0.5) is 5.82 Å². The number of carbonyl (C=O) groups excluding carboxylic acids is 2. The van der Waals surface area contributed by atoms with Crippen LogP contribution in [0.1, 0.15) is 21.0 Å². The van der Waals surface area contributed by atoms with Crippen LogP contribution in [0.15, 0.2) is 52.4 Å². The molecule has 0 radical (unpaired) electrons. The van der Waals surface area contributed by atoms with E-state index in [1.165, 1.54) is 4.90 Å². The Kier molecular flexibility index (Phi) is 5.87. The van der Waals surface area contributed by atoms with Crippen molar-refractivity contribution in [3.63, 3.8) is 0 Å². The Balaban J connectivity index is 1.57. The van der Waals surface area contributed by atoms with Crippen molar-refractivity contribution in [2.45, 2.75) is 13.5 Å². The second-order valence-corrected chi connectivity index (χ2v) is 6.96. The highest BCUT2D eigenvalue weighted by Crippen LogP contribution is 2.18. The molecule has 1 N–H and O–H groups in total. The van der Waals surface area contributed by atoms with Gasteiger partial charge in [0.05, 0.1) is 6.54 Å². The van der Waals surface area contributed by atoms with Crippen molar-refractivity contribution in [3.05, 3.63) is 64.0 Å². The molecule has 1 aromatic carbocycles.